The zero-order valence-electron chi connectivity index (χ0n) is 59.6. The van der Waals surface area contributed by atoms with Crippen molar-refractivity contribution in [2.45, 2.75) is 348 Å². The fraction of sp³-hybridized carbons (Fsp3) is 0.750. The second kappa shape index (κ2) is 68.5. The van der Waals surface area contributed by atoms with Crippen LogP contribution in [0.1, 0.15) is 335 Å². The molecule has 0 saturated carbocycles. The van der Waals surface area contributed by atoms with Gasteiger partial charge in [-0.2, -0.15) is 0 Å². The summed E-state index contributed by atoms with van der Waals surface area (Å²) in [5.41, 5.74) is 0. The molecule has 90 heavy (non-hydrogen) atoms. The molecule has 0 bridgehead atoms. The van der Waals surface area contributed by atoms with E-state index in [1.54, 1.807) is 0 Å². The number of likely N-dealkylation sites (N-methyl/N-ethyl adjacent to an activating group) is 1. The number of phosphoric ester groups is 1. The Morgan fingerprint density at radius 3 is 1.09 bits per heavy atom. The minimum Gasteiger partial charge on any atom is -0.456 e. The highest BCUT2D eigenvalue weighted by molar-refractivity contribution is 7.47. The van der Waals surface area contributed by atoms with E-state index >= 15 is 0 Å². The van der Waals surface area contributed by atoms with E-state index in [1.807, 2.05) is 33.3 Å². The van der Waals surface area contributed by atoms with Crippen molar-refractivity contribution in [3.05, 3.63) is 109 Å². The summed E-state index contributed by atoms with van der Waals surface area (Å²) in [5, 5.41) is 3.07. The van der Waals surface area contributed by atoms with Gasteiger partial charge in [-0.15, -0.1) is 0 Å². The van der Waals surface area contributed by atoms with E-state index in [0.29, 0.717) is 17.4 Å². The maximum atomic E-state index is 13.7. The summed E-state index contributed by atoms with van der Waals surface area (Å²) in [4.78, 5) is 38.0. The van der Waals surface area contributed by atoms with Crippen LogP contribution in [-0.2, 0) is 27.9 Å². The molecule has 0 radical (unpaired) electrons. The molecule has 1 amide bonds. The highest BCUT2D eigenvalue weighted by atomic mass is 31.2. The van der Waals surface area contributed by atoms with Crippen molar-refractivity contribution >= 4 is 19.7 Å². The van der Waals surface area contributed by atoms with Crippen LogP contribution >= 0.6 is 7.82 Å². The first-order valence-corrected chi connectivity index (χ1v) is 39.2. The van der Waals surface area contributed by atoms with Gasteiger partial charge in [-0.1, -0.05) is 317 Å². The molecular formula is C80H144N2O7P+. The molecule has 2 N–H and O–H groups in total. The largest absolute Gasteiger partial charge is 0.472 e. The minimum atomic E-state index is -4.47. The Morgan fingerprint density at radius 2 is 0.711 bits per heavy atom. The number of quaternary nitrogens is 1. The van der Waals surface area contributed by atoms with Gasteiger partial charge in [-0.3, -0.25) is 18.6 Å². The molecule has 0 aliphatic heterocycles. The van der Waals surface area contributed by atoms with Crippen LogP contribution in [0.3, 0.4) is 0 Å². The fourth-order valence-corrected chi connectivity index (χ4v) is 11.4. The van der Waals surface area contributed by atoms with Crippen LogP contribution in [0.2, 0.25) is 0 Å². The second-order valence-electron chi connectivity index (χ2n) is 26.4. The van der Waals surface area contributed by atoms with Crippen molar-refractivity contribution in [3.8, 4) is 0 Å². The molecule has 0 aromatic rings. The third-order valence-corrected chi connectivity index (χ3v) is 17.4. The van der Waals surface area contributed by atoms with E-state index in [2.05, 4.69) is 123 Å². The van der Waals surface area contributed by atoms with Gasteiger partial charge in [0.15, 0.2) is 0 Å². The number of ether oxygens (including phenoxy) is 1. The van der Waals surface area contributed by atoms with E-state index in [-0.39, 0.29) is 31.5 Å². The van der Waals surface area contributed by atoms with Gasteiger partial charge in [0.25, 0.3) is 0 Å². The van der Waals surface area contributed by atoms with Crippen molar-refractivity contribution in [1.82, 2.24) is 5.32 Å². The zero-order valence-corrected chi connectivity index (χ0v) is 60.5. The summed E-state index contributed by atoms with van der Waals surface area (Å²) in [6.07, 6.45) is 95.4. The number of allylic oxidation sites excluding steroid dienone is 17. The number of carbonyl (C=O) groups excluding carboxylic acids is 2. The number of hydrogen-bond donors (Lipinski definition) is 2. The van der Waals surface area contributed by atoms with E-state index in [0.717, 1.165) is 128 Å². The predicted molar refractivity (Wildman–Crippen MR) is 392 cm³/mol. The molecule has 0 aliphatic rings. The van der Waals surface area contributed by atoms with Crippen LogP contribution in [0.5, 0.6) is 0 Å². The van der Waals surface area contributed by atoms with E-state index < -0.39 is 20.0 Å². The minimum absolute atomic E-state index is 0.0341. The zero-order chi connectivity index (χ0) is 65.6. The number of amides is 1. The smallest absolute Gasteiger partial charge is 0.456 e. The van der Waals surface area contributed by atoms with Gasteiger partial charge in [0.2, 0.25) is 5.91 Å². The molecule has 0 spiro atoms. The van der Waals surface area contributed by atoms with Crippen LogP contribution in [0.4, 0.5) is 0 Å². The lowest BCUT2D eigenvalue weighted by molar-refractivity contribution is -0.870. The normalized spacial score (nSPS) is 14.1. The lowest BCUT2D eigenvalue weighted by Gasteiger charge is -2.27. The fourth-order valence-electron chi connectivity index (χ4n) is 10.7. The number of nitrogens with one attached hydrogen (secondary N) is 1. The molecule has 520 valence electrons. The summed E-state index contributed by atoms with van der Waals surface area (Å²) < 4.78 is 30.9. The quantitative estimate of drug-likeness (QED) is 0.0205. The maximum Gasteiger partial charge on any atom is 0.472 e. The molecule has 9 nitrogen and oxygen atoms in total. The van der Waals surface area contributed by atoms with Gasteiger partial charge < -0.3 is 19.4 Å². The van der Waals surface area contributed by atoms with Crippen LogP contribution in [0.15, 0.2) is 109 Å². The molecule has 3 unspecified atom stereocenters. The summed E-state index contributed by atoms with van der Waals surface area (Å²) in [5.74, 6) is -0.516. The number of nitrogens with zero attached hydrogens (tertiary/aromatic N) is 1. The van der Waals surface area contributed by atoms with Gasteiger partial charge in [0.05, 0.1) is 33.8 Å². The Labute approximate surface area is 557 Å². The Balaban J connectivity index is 5.02. The van der Waals surface area contributed by atoms with Crippen LogP contribution < -0.4 is 5.32 Å². The molecule has 0 aliphatic carbocycles. The molecule has 0 aromatic carbocycles. The molecule has 3 atom stereocenters. The SMILES string of the molecule is CC/C=C\C/C=C\C/C=C\C/C=C\C/C=C\C/C=C\CCCCCCCCC(=O)OC(/C=C/CCCCCCCCCCCC)C(COP(=O)(O)OCC[N+](C)(C)C)NC(=O)CCCCCCCCCCCCCCCCCCC/C=C\C/C=C\CCCCC. The van der Waals surface area contributed by atoms with Gasteiger partial charge in [-0.25, -0.2) is 4.57 Å². The van der Waals surface area contributed by atoms with Crippen molar-refractivity contribution < 1.29 is 37.3 Å². The molecule has 0 heterocycles. The first-order chi connectivity index (χ1) is 43.9. The van der Waals surface area contributed by atoms with Gasteiger partial charge in [0.1, 0.15) is 19.3 Å². The van der Waals surface area contributed by atoms with Gasteiger partial charge >= 0.3 is 13.8 Å². The van der Waals surface area contributed by atoms with Gasteiger partial charge in [-0.05, 0) is 115 Å². The summed E-state index contributed by atoms with van der Waals surface area (Å²) >= 11 is 0. The average Bonchev–Trinajstić information content (AvgIpc) is 3.11. The standard InChI is InChI=1S/C80H143N2O7P/c1-7-10-13-16-19-22-25-28-30-32-34-36-38-40-41-43-44-46-48-50-52-54-57-60-63-66-69-72-79(83)81-77(76-88-90(85,86)87-75-74-82(4,5)6)78(71-68-65-62-59-56-27-24-21-18-15-12-9-3)89-80(84)73-70-67-64-61-58-55-53-51-49-47-45-42-39-37-35-33-31-29-26-23-20-17-14-11-8-2/h11,14,19-20,22-23,28-31,35,37,42,45,49,51,68,71,77-78H,7-10,12-13,15-18,21,24-27,32-34,36,38-41,43-44,46-48,50,52-67,69-70,72-76H2,1-6H3,(H-,81,83,85,86)/p+1/b14-11-,22-19-,23-20-,30-28-,31-29-,37-35-,45-42-,51-49-,71-68+. The molecule has 0 saturated heterocycles. The molecule has 0 fully saturated rings. The summed E-state index contributed by atoms with van der Waals surface area (Å²) in [7, 11) is 1.48. The molecular weight excluding hydrogens is 1130 g/mol. The first-order valence-electron chi connectivity index (χ1n) is 37.7. The highest BCUT2D eigenvalue weighted by Gasteiger charge is 2.30. The van der Waals surface area contributed by atoms with Crippen molar-refractivity contribution in [3.63, 3.8) is 0 Å². The number of rotatable bonds is 68. The molecule has 10 heteroatoms. The van der Waals surface area contributed by atoms with E-state index in [9.17, 15) is 19.0 Å². The monoisotopic (exact) mass is 1280 g/mol. The van der Waals surface area contributed by atoms with Crippen molar-refractivity contribution in [1.29, 1.82) is 0 Å². The number of esters is 1. The van der Waals surface area contributed by atoms with Crippen LogP contribution in [0, 0.1) is 0 Å². The third kappa shape index (κ3) is 69.0. The number of carbonyl (C=O) groups is 2. The molecule has 0 aromatic heterocycles. The topological polar surface area (TPSA) is 111 Å². The average molecular weight is 1280 g/mol. The second-order valence-corrected chi connectivity index (χ2v) is 27.9. The summed E-state index contributed by atoms with van der Waals surface area (Å²) in [6, 6.07) is -0.862. The summed E-state index contributed by atoms with van der Waals surface area (Å²) in [6.45, 7) is 6.89. The Morgan fingerprint density at radius 1 is 0.400 bits per heavy atom. The van der Waals surface area contributed by atoms with Crippen LogP contribution in [-0.4, -0.2) is 74.3 Å². The van der Waals surface area contributed by atoms with Gasteiger partial charge in [0, 0.05) is 12.8 Å². The number of unbranched alkanes of at least 4 members (excludes halogenated alkanes) is 36. The maximum absolute atomic E-state index is 13.7. The Hall–Kier alpha value is -3.33. The lowest BCUT2D eigenvalue weighted by Crippen LogP contribution is -2.47. The Bertz CT molecular complexity index is 1910. The van der Waals surface area contributed by atoms with Crippen LogP contribution in [0.25, 0.3) is 0 Å². The van der Waals surface area contributed by atoms with E-state index in [1.165, 1.54) is 173 Å². The number of hydrogen-bond acceptors (Lipinski definition) is 6. The number of phosphoric acid groups is 1. The lowest BCUT2D eigenvalue weighted by atomic mass is 10.0. The van der Waals surface area contributed by atoms with Crippen molar-refractivity contribution in [2.24, 2.45) is 0 Å². The van der Waals surface area contributed by atoms with E-state index in [4.69, 9.17) is 13.8 Å². The van der Waals surface area contributed by atoms with Crippen molar-refractivity contribution in [2.75, 3.05) is 40.9 Å². The third-order valence-electron chi connectivity index (χ3n) is 16.4. The highest BCUT2D eigenvalue weighted by Crippen LogP contribution is 2.43. The first kappa shape index (κ1) is 86.7. The predicted octanol–water partition coefficient (Wildman–Crippen LogP) is 24.4. The molecule has 0 rings (SSSR count). The Kier molecular flexibility index (Phi) is 66.0.